The van der Waals surface area contributed by atoms with Crippen molar-refractivity contribution in [3.63, 3.8) is 0 Å². The summed E-state index contributed by atoms with van der Waals surface area (Å²) in [5, 5.41) is 0.245. The summed E-state index contributed by atoms with van der Waals surface area (Å²) in [4.78, 5) is 8.48. The first kappa shape index (κ1) is 13.6. The molecule has 1 aromatic heterocycles. The van der Waals surface area contributed by atoms with Crippen LogP contribution in [0.4, 0.5) is 0 Å². The Balaban J connectivity index is 2.33. The van der Waals surface area contributed by atoms with Crippen molar-refractivity contribution in [2.45, 2.75) is 20.8 Å². The standard InChI is InChI=1S/C14H15ClN2O2/c1-4-18-11-7-5-6-8-12(11)19-14-13(15)16-9(2)10(3)17-14/h5-8H,4H2,1-3H3. The Kier molecular flexibility index (Phi) is 4.22. The Labute approximate surface area is 117 Å². The van der Waals surface area contributed by atoms with Gasteiger partial charge in [0, 0.05) is 0 Å². The first-order chi connectivity index (χ1) is 9.11. The van der Waals surface area contributed by atoms with Gasteiger partial charge in [0.15, 0.2) is 16.7 Å². The van der Waals surface area contributed by atoms with Crippen molar-refractivity contribution in [1.82, 2.24) is 9.97 Å². The first-order valence-electron chi connectivity index (χ1n) is 6.02. The van der Waals surface area contributed by atoms with Crippen molar-refractivity contribution >= 4 is 11.6 Å². The summed E-state index contributed by atoms with van der Waals surface area (Å²) in [6.45, 7) is 6.19. The van der Waals surface area contributed by atoms with Gasteiger partial charge in [-0.25, -0.2) is 9.97 Å². The summed E-state index contributed by atoms with van der Waals surface area (Å²) in [6, 6.07) is 7.38. The Morgan fingerprint density at radius 2 is 1.68 bits per heavy atom. The summed E-state index contributed by atoms with van der Waals surface area (Å²) >= 11 is 6.04. The Bertz CT molecular complexity index is 588. The number of benzene rings is 1. The van der Waals surface area contributed by atoms with Crippen LogP contribution in [0, 0.1) is 13.8 Å². The van der Waals surface area contributed by atoms with Gasteiger partial charge in [0.2, 0.25) is 0 Å². The molecule has 0 saturated heterocycles. The largest absolute Gasteiger partial charge is 0.490 e. The highest BCUT2D eigenvalue weighted by atomic mass is 35.5. The number of hydrogen-bond donors (Lipinski definition) is 0. The second kappa shape index (κ2) is 5.89. The minimum atomic E-state index is 0.245. The molecule has 0 aliphatic carbocycles. The van der Waals surface area contributed by atoms with Gasteiger partial charge in [-0.2, -0.15) is 0 Å². The third-order valence-corrected chi connectivity index (χ3v) is 2.84. The highest BCUT2D eigenvalue weighted by Crippen LogP contribution is 2.33. The Hall–Kier alpha value is -1.81. The van der Waals surface area contributed by atoms with Crippen molar-refractivity contribution in [1.29, 1.82) is 0 Å². The van der Waals surface area contributed by atoms with E-state index in [1.54, 1.807) is 6.07 Å². The third kappa shape index (κ3) is 3.15. The van der Waals surface area contributed by atoms with Gasteiger partial charge < -0.3 is 9.47 Å². The molecule has 0 atom stereocenters. The maximum absolute atomic E-state index is 6.04. The number of halogens is 1. The molecule has 1 heterocycles. The van der Waals surface area contributed by atoms with Crippen LogP contribution in [0.3, 0.4) is 0 Å². The van der Waals surface area contributed by atoms with Gasteiger partial charge in [0.25, 0.3) is 5.88 Å². The second-order valence-electron chi connectivity index (χ2n) is 3.97. The maximum atomic E-state index is 6.04. The molecule has 100 valence electrons. The zero-order valence-electron chi connectivity index (χ0n) is 11.1. The van der Waals surface area contributed by atoms with Gasteiger partial charge in [0.05, 0.1) is 18.0 Å². The zero-order valence-corrected chi connectivity index (χ0v) is 11.9. The minimum absolute atomic E-state index is 0.245. The van der Waals surface area contributed by atoms with E-state index in [0.717, 1.165) is 11.4 Å². The maximum Gasteiger partial charge on any atom is 0.258 e. The lowest BCUT2D eigenvalue weighted by molar-refractivity contribution is 0.319. The Morgan fingerprint density at radius 3 is 2.37 bits per heavy atom. The van der Waals surface area contributed by atoms with Crippen LogP contribution in [0.2, 0.25) is 5.15 Å². The summed E-state index contributed by atoms with van der Waals surface area (Å²) in [5.74, 6) is 1.52. The van der Waals surface area contributed by atoms with Crippen LogP contribution in [0.15, 0.2) is 24.3 Å². The highest BCUT2D eigenvalue weighted by molar-refractivity contribution is 6.30. The topological polar surface area (TPSA) is 44.2 Å². The van der Waals surface area contributed by atoms with Gasteiger partial charge in [-0.05, 0) is 32.9 Å². The molecule has 5 heteroatoms. The van der Waals surface area contributed by atoms with Crippen molar-refractivity contribution < 1.29 is 9.47 Å². The molecule has 2 aromatic rings. The highest BCUT2D eigenvalue weighted by Gasteiger charge is 2.12. The number of hydrogen-bond acceptors (Lipinski definition) is 4. The van der Waals surface area contributed by atoms with E-state index in [0.29, 0.717) is 18.1 Å². The molecular formula is C14H15ClN2O2. The molecule has 4 nitrogen and oxygen atoms in total. The second-order valence-corrected chi connectivity index (χ2v) is 4.33. The minimum Gasteiger partial charge on any atom is -0.490 e. The molecule has 2 rings (SSSR count). The zero-order chi connectivity index (χ0) is 13.8. The van der Waals surface area contributed by atoms with E-state index in [1.165, 1.54) is 0 Å². The van der Waals surface area contributed by atoms with Gasteiger partial charge in [-0.1, -0.05) is 23.7 Å². The Morgan fingerprint density at radius 1 is 1.05 bits per heavy atom. The summed E-state index contributed by atoms with van der Waals surface area (Å²) in [7, 11) is 0. The lowest BCUT2D eigenvalue weighted by atomic mass is 10.3. The molecule has 0 saturated carbocycles. The smallest absolute Gasteiger partial charge is 0.258 e. The van der Waals surface area contributed by atoms with Gasteiger partial charge in [-0.15, -0.1) is 0 Å². The molecule has 0 spiro atoms. The number of aromatic nitrogens is 2. The lowest BCUT2D eigenvalue weighted by Crippen LogP contribution is -1.99. The number of aryl methyl sites for hydroxylation is 2. The monoisotopic (exact) mass is 278 g/mol. The number of rotatable bonds is 4. The molecule has 0 unspecified atom stereocenters. The number of para-hydroxylation sites is 2. The molecule has 1 aromatic carbocycles. The summed E-state index contributed by atoms with van der Waals surface area (Å²) in [6.07, 6.45) is 0. The molecule has 0 bridgehead atoms. The van der Waals surface area contributed by atoms with Gasteiger partial charge in [0.1, 0.15) is 0 Å². The first-order valence-corrected chi connectivity index (χ1v) is 6.40. The quantitative estimate of drug-likeness (QED) is 0.850. The van der Waals surface area contributed by atoms with E-state index >= 15 is 0 Å². The molecule has 19 heavy (non-hydrogen) atoms. The predicted molar refractivity (Wildman–Crippen MR) is 74.2 cm³/mol. The van der Waals surface area contributed by atoms with Crippen LogP contribution >= 0.6 is 11.6 Å². The SMILES string of the molecule is CCOc1ccccc1Oc1nc(C)c(C)nc1Cl. The lowest BCUT2D eigenvalue weighted by Gasteiger charge is -2.12. The molecule has 0 aliphatic rings. The fourth-order valence-corrected chi connectivity index (χ4v) is 1.74. The van der Waals surface area contributed by atoms with E-state index in [9.17, 15) is 0 Å². The van der Waals surface area contributed by atoms with E-state index < -0.39 is 0 Å². The number of nitrogens with zero attached hydrogens (tertiary/aromatic N) is 2. The van der Waals surface area contributed by atoms with Crippen molar-refractivity contribution in [3.8, 4) is 17.4 Å². The van der Waals surface area contributed by atoms with Crippen LogP contribution in [0.5, 0.6) is 17.4 Å². The van der Waals surface area contributed by atoms with E-state index in [2.05, 4.69) is 9.97 Å². The molecule has 0 N–H and O–H groups in total. The van der Waals surface area contributed by atoms with Crippen LogP contribution in [-0.2, 0) is 0 Å². The number of ether oxygens (including phenoxy) is 2. The molecule has 0 amide bonds. The summed E-state index contributed by atoms with van der Waals surface area (Å²) < 4.78 is 11.2. The average molecular weight is 279 g/mol. The molecular weight excluding hydrogens is 264 g/mol. The molecule has 0 fully saturated rings. The van der Waals surface area contributed by atoms with E-state index in [-0.39, 0.29) is 11.0 Å². The van der Waals surface area contributed by atoms with Crippen molar-refractivity contribution in [2.75, 3.05) is 6.61 Å². The van der Waals surface area contributed by atoms with E-state index in [1.807, 2.05) is 39.0 Å². The predicted octanol–water partition coefficient (Wildman–Crippen LogP) is 3.94. The molecule has 0 radical (unpaired) electrons. The van der Waals surface area contributed by atoms with Gasteiger partial charge >= 0.3 is 0 Å². The fourth-order valence-electron chi connectivity index (χ4n) is 1.53. The van der Waals surface area contributed by atoms with Crippen LogP contribution in [-0.4, -0.2) is 16.6 Å². The van der Waals surface area contributed by atoms with Gasteiger partial charge in [-0.3, -0.25) is 0 Å². The van der Waals surface area contributed by atoms with Crippen LogP contribution in [0.1, 0.15) is 18.3 Å². The third-order valence-electron chi connectivity index (χ3n) is 2.59. The fraction of sp³-hybridized carbons (Fsp3) is 0.286. The van der Waals surface area contributed by atoms with Crippen LogP contribution < -0.4 is 9.47 Å². The summed E-state index contributed by atoms with van der Waals surface area (Å²) in [5.41, 5.74) is 1.57. The van der Waals surface area contributed by atoms with Crippen molar-refractivity contribution in [3.05, 3.63) is 40.8 Å². The average Bonchev–Trinajstić information content (AvgIpc) is 2.38. The van der Waals surface area contributed by atoms with Crippen molar-refractivity contribution in [2.24, 2.45) is 0 Å². The van der Waals surface area contributed by atoms with E-state index in [4.69, 9.17) is 21.1 Å². The molecule has 0 aliphatic heterocycles. The normalized spacial score (nSPS) is 10.3. The van der Waals surface area contributed by atoms with Crippen LogP contribution in [0.25, 0.3) is 0 Å².